The van der Waals surface area contributed by atoms with Crippen LogP contribution >= 0.6 is 0 Å². The Kier molecular flexibility index (Phi) is 4.09. The van der Waals surface area contributed by atoms with Gasteiger partial charge in [0.25, 0.3) is 0 Å². The Balaban J connectivity index is 1.63. The van der Waals surface area contributed by atoms with Gasteiger partial charge in [0.1, 0.15) is 11.7 Å². The molecule has 4 N–H and O–H groups in total. The number of H-pyrrole nitrogens is 1. The SMILES string of the molecule is CNc1[nH]c(-c2ccnc(OC)c2)cc1C(=N)N1CC2CCC(C1)N2. The quantitative estimate of drug-likeness (QED) is 0.504. The van der Waals surface area contributed by atoms with Crippen molar-refractivity contribution in [1.82, 2.24) is 20.2 Å². The van der Waals surface area contributed by atoms with Crippen molar-refractivity contribution in [3.63, 3.8) is 0 Å². The molecule has 0 radical (unpaired) electrons. The summed E-state index contributed by atoms with van der Waals surface area (Å²) in [6.07, 6.45) is 4.15. The molecule has 2 unspecified atom stereocenters. The fourth-order valence-electron chi connectivity index (χ4n) is 3.83. The van der Waals surface area contributed by atoms with Crippen molar-refractivity contribution in [3.05, 3.63) is 30.0 Å². The van der Waals surface area contributed by atoms with E-state index in [1.807, 2.05) is 25.2 Å². The van der Waals surface area contributed by atoms with Crippen LogP contribution in [0.15, 0.2) is 24.4 Å². The lowest BCUT2D eigenvalue weighted by atomic mass is 10.1. The molecule has 7 heteroatoms. The Morgan fingerprint density at radius 1 is 1.32 bits per heavy atom. The third-order valence-electron chi connectivity index (χ3n) is 5.11. The predicted molar refractivity (Wildman–Crippen MR) is 98.5 cm³/mol. The summed E-state index contributed by atoms with van der Waals surface area (Å²) in [6.45, 7) is 1.81. The first-order chi connectivity index (χ1) is 12.2. The summed E-state index contributed by atoms with van der Waals surface area (Å²) >= 11 is 0. The number of likely N-dealkylation sites (tertiary alicyclic amines) is 1. The molecular weight excluding hydrogens is 316 g/mol. The number of piperazine rings is 1. The molecule has 2 fully saturated rings. The van der Waals surface area contributed by atoms with E-state index in [1.165, 1.54) is 12.8 Å². The Morgan fingerprint density at radius 2 is 2.08 bits per heavy atom. The number of anilines is 1. The van der Waals surface area contributed by atoms with Crippen LogP contribution in [0.25, 0.3) is 11.3 Å². The smallest absolute Gasteiger partial charge is 0.213 e. The van der Waals surface area contributed by atoms with Crippen LogP contribution in [0.3, 0.4) is 0 Å². The van der Waals surface area contributed by atoms with E-state index >= 15 is 0 Å². The summed E-state index contributed by atoms with van der Waals surface area (Å²) in [6, 6.07) is 6.89. The maximum absolute atomic E-state index is 8.73. The standard InChI is InChI=1S/C18H24N6O/c1-20-18-14(17(19)24-9-12-3-4-13(10-24)22-12)8-15(23-18)11-5-6-21-16(7-11)25-2/h5-8,12-13,19-20,22-23H,3-4,9-10H2,1-2H3. The van der Waals surface area contributed by atoms with Crippen LogP contribution in [-0.4, -0.2) is 60.0 Å². The lowest BCUT2D eigenvalue weighted by Gasteiger charge is -2.34. The molecule has 2 atom stereocenters. The van der Waals surface area contributed by atoms with Gasteiger partial charge < -0.3 is 25.3 Å². The maximum atomic E-state index is 8.73. The zero-order chi connectivity index (χ0) is 17.4. The Labute approximate surface area is 147 Å². The van der Waals surface area contributed by atoms with E-state index in [4.69, 9.17) is 10.1 Å². The summed E-state index contributed by atoms with van der Waals surface area (Å²) in [5.74, 6) is 2.02. The highest BCUT2D eigenvalue weighted by molar-refractivity contribution is 6.02. The fourth-order valence-corrected chi connectivity index (χ4v) is 3.83. The molecule has 2 saturated heterocycles. The second-order valence-corrected chi connectivity index (χ2v) is 6.70. The van der Waals surface area contributed by atoms with E-state index < -0.39 is 0 Å². The number of hydrogen-bond donors (Lipinski definition) is 4. The van der Waals surface area contributed by atoms with Crippen molar-refractivity contribution in [3.8, 4) is 17.1 Å². The number of aromatic nitrogens is 2. The van der Waals surface area contributed by atoms with Crippen LogP contribution in [0.5, 0.6) is 5.88 Å². The van der Waals surface area contributed by atoms with Crippen molar-refractivity contribution in [1.29, 1.82) is 5.41 Å². The monoisotopic (exact) mass is 340 g/mol. The van der Waals surface area contributed by atoms with E-state index in [9.17, 15) is 0 Å². The second-order valence-electron chi connectivity index (χ2n) is 6.70. The van der Waals surface area contributed by atoms with Gasteiger partial charge in [-0.3, -0.25) is 5.41 Å². The van der Waals surface area contributed by atoms with Gasteiger partial charge in [-0.25, -0.2) is 4.98 Å². The number of aromatic amines is 1. The third kappa shape index (κ3) is 2.95. The molecule has 0 amide bonds. The van der Waals surface area contributed by atoms with Crippen LogP contribution in [0.2, 0.25) is 0 Å². The Hall–Kier alpha value is -2.54. The molecule has 0 spiro atoms. The molecule has 2 aromatic heterocycles. The molecule has 2 bridgehead atoms. The number of nitrogens with one attached hydrogen (secondary N) is 4. The summed E-state index contributed by atoms with van der Waals surface area (Å²) in [7, 11) is 3.49. The van der Waals surface area contributed by atoms with Gasteiger partial charge in [0, 0.05) is 55.7 Å². The average molecular weight is 340 g/mol. The van der Waals surface area contributed by atoms with E-state index in [0.29, 0.717) is 23.8 Å². The number of pyridine rings is 1. The normalized spacial score (nSPS) is 22.1. The third-order valence-corrected chi connectivity index (χ3v) is 5.11. The van der Waals surface area contributed by atoms with Gasteiger partial charge in [0.2, 0.25) is 5.88 Å². The largest absolute Gasteiger partial charge is 0.481 e. The number of methoxy groups -OCH3 is 1. The zero-order valence-corrected chi connectivity index (χ0v) is 14.6. The molecular formula is C18H24N6O. The molecule has 4 rings (SSSR count). The molecule has 2 aliphatic heterocycles. The number of nitrogens with zero attached hydrogens (tertiary/aromatic N) is 2. The molecule has 7 nitrogen and oxygen atoms in total. The van der Waals surface area contributed by atoms with E-state index in [0.717, 1.165) is 35.7 Å². The van der Waals surface area contributed by atoms with Crippen LogP contribution in [0, 0.1) is 5.41 Å². The average Bonchev–Trinajstić information content (AvgIpc) is 3.24. The van der Waals surface area contributed by atoms with Crippen LogP contribution in [-0.2, 0) is 0 Å². The molecule has 0 aliphatic carbocycles. The topological polar surface area (TPSA) is 89.1 Å². The van der Waals surface area contributed by atoms with Gasteiger partial charge in [-0.05, 0) is 25.0 Å². The minimum Gasteiger partial charge on any atom is -0.481 e. The first-order valence-electron chi connectivity index (χ1n) is 8.69. The Morgan fingerprint density at radius 3 is 2.76 bits per heavy atom. The van der Waals surface area contributed by atoms with Crippen LogP contribution in [0.4, 0.5) is 5.82 Å². The minimum atomic E-state index is 0.514. The lowest BCUT2D eigenvalue weighted by molar-refractivity contribution is 0.288. The van der Waals surface area contributed by atoms with Crippen molar-refractivity contribution in [2.45, 2.75) is 24.9 Å². The second kappa shape index (κ2) is 6.40. The first kappa shape index (κ1) is 16.0. The van der Waals surface area contributed by atoms with Gasteiger partial charge in [-0.15, -0.1) is 0 Å². The molecule has 4 heterocycles. The van der Waals surface area contributed by atoms with Gasteiger partial charge in [0.15, 0.2) is 0 Å². The summed E-state index contributed by atoms with van der Waals surface area (Å²) in [5.41, 5.74) is 2.83. The molecule has 132 valence electrons. The molecule has 0 saturated carbocycles. The molecule has 2 aromatic rings. The van der Waals surface area contributed by atoms with Gasteiger partial charge in [-0.2, -0.15) is 0 Å². The van der Waals surface area contributed by atoms with E-state index in [-0.39, 0.29) is 0 Å². The number of amidine groups is 1. The predicted octanol–water partition coefficient (Wildman–Crippen LogP) is 1.89. The summed E-state index contributed by atoms with van der Waals surface area (Å²) in [4.78, 5) is 9.73. The highest BCUT2D eigenvalue weighted by Crippen LogP contribution is 2.29. The molecule has 0 aromatic carbocycles. The highest BCUT2D eigenvalue weighted by Gasteiger charge is 2.34. The van der Waals surface area contributed by atoms with Crippen LogP contribution in [0.1, 0.15) is 18.4 Å². The number of ether oxygens (including phenoxy) is 1. The highest BCUT2D eigenvalue weighted by atomic mass is 16.5. The van der Waals surface area contributed by atoms with E-state index in [1.54, 1.807) is 13.3 Å². The van der Waals surface area contributed by atoms with Crippen molar-refractivity contribution in [2.24, 2.45) is 0 Å². The number of fused-ring (bicyclic) bond motifs is 2. The van der Waals surface area contributed by atoms with Crippen molar-refractivity contribution in [2.75, 3.05) is 32.6 Å². The van der Waals surface area contributed by atoms with Crippen LogP contribution < -0.4 is 15.4 Å². The lowest BCUT2D eigenvalue weighted by Crippen LogP contribution is -2.53. The zero-order valence-electron chi connectivity index (χ0n) is 14.6. The van der Waals surface area contributed by atoms with Gasteiger partial charge in [-0.1, -0.05) is 0 Å². The molecule has 2 aliphatic rings. The minimum absolute atomic E-state index is 0.514. The van der Waals surface area contributed by atoms with E-state index in [2.05, 4.69) is 25.5 Å². The first-order valence-corrected chi connectivity index (χ1v) is 8.69. The number of rotatable bonds is 4. The summed E-state index contributed by atoms with van der Waals surface area (Å²) < 4.78 is 5.21. The van der Waals surface area contributed by atoms with Crippen molar-refractivity contribution < 1.29 is 4.74 Å². The van der Waals surface area contributed by atoms with Gasteiger partial charge in [0.05, 0.1) is 12.7 Å². The summed E-state index contributed by atoms with van der Waals surface area (Å²) in [5, 5.41) is 15.5. The Bertz CT molecular complexity index is 774. The molecule has 25 heavy (non-hydrogen) atoms. The van der Waals surface area contributed by atoms with Gasteiger partial charge >= 0.3 is 0 Å². The maximum Gasteiger partial charge on any atom is 0.213 e. The van der Waals surface area contributed by atoms with Crippen molar-refractivity contribution >= 4 is 11.7 Å². The fraction of sp³-hybridized carbons (Fsp3) is 0.444. The number of hydrogen-bond acceptors (Lipinski definition) is 5.